The molecule has 16 heavy (non-hydrogen) atoms. The maximum Gasteiger partial charge on any atom is 0.0234 e. The fourth-order valence-electron chi connectivity index (χ4n) is 1.65. The molecular weight excluding hydrogens is 212 g/mol. The molecule has 0 saturated carbocycles. The molecule has 0 amide bonds. The molecule has 0 atom stereocenters. The SMILES string of the molecule is Cc1ccccc1CSc1ccccc1C. The molecule has 0 radical (unpaired) electrons. The highest BCUT2D eigenvalue weighted by atomic mass is 32.2. The van der Waals surface area contributed by atoms with Crippen molar-refractivity contribution in [3.8, 4) is 0 Å². The quantitative estimate of drug-likeness (QED) is 0.692. The summed E-state index contributed by atoms with van der Waals surface area (Å²) in [5.41, 5.74) is 4.17. The van der Waals surface area contributed by atoms with Gasteiger partial charge in [-0.25, -0.2) is 0 Å². The van der Waals surface area contributed by atoms with E-state index in [-0.39, 0.29) is 0 Å². The number of thioether (sulfide) groups is 1. The van der Waals surface area contributed by atoms with Gasteiger partial charge in [0.1, 0.15) is 0 Å². The van der Waals surface area contributed by atoms with Crippen molar-refractivity contribution in [1.29, 1.82) is 0 Å². The lowest BCUT2D eigenvalue weighted by atomic mass is 10.1. The molecule has 0 unspecified atom stereocenters. The summed E-state index contributed by atoms with van der Waals surface area (Å²) in [5.74, 6) is 1.05. The molecule has 0 N–H and O–H groups in total. The summed E-state index contributed by atoms with van der Waals surface area (Å²) in [7, 11) is 0. The maximum absolute atomic E-state index is 2.21. The summed E-state index contributed by atoms with van der Waals surface area (Å²) >= 11 is 1.91. The Kier molecular flexibility index (Phi) is 3.68. The molecule has 2 rings (SSSR count). The van der Waals surface area contributed by atoms with Crippen molar-refractivity contribution in [2.45, 2.75) is 24.5 Å². The summed E-state index contributed by atoms with van der Waals surface area (Å²) in [6.07, 6.45) is 0. The van der Waals surface area contributed by atoms with Gasteiger partial charge in [0, 0.05) is 10.6 Å². The van der Waals surface area contributed by atoms with Crippen LogP contribution in [0.2, 0.25) is 0 Å². The zero-order chi connectivity index (χ0) is 11.4. The average Bonchev–Trinajstić information content (AvgIpc) is 2.30. The zero-order valence-electron chi connectivity index (χ0n) is 9.73. The minimum absolute atomic E-state index is 1.05. The molecule has 0 aliphatic heterocycles. The average molecular weight is 228 g/mol. The third kappa shape index (κ3) is 2.67. The number of rotatable bonds is 3. The monoisotopic (exact) mass is 228 g/mol. The van der Waals surface area contributed by atoms with Crippen LogP contribution in [0.15, 0.2) is 53.4 Å². The number of hydrogen-bond donors (Lipinski definition) is 0. The highest BCUT2D eigenvalue weighted by Gasteiger charge is 2.00. The van der Waals surface area contributed by atoms with Crippen molar-refractivity contribution >= 4 is 11.8 Å². The van der Waals surface area contributed by atoms with E-state index in [0.29, 0.717) is 0 Å². The third-order valence-electron chi connectivity index (χ3n) is 2.74. The number of aryl methyl sites for hydroxylation is 2. The van der Waals surface area contributed by atoms with E-state index in [0.717, 1.165) is 5.75 Å². The van der Waals surface area contributed by atoms with Gasteiger partial charge in [0.15, 0.2) is 0 Å². The Morgan fingerprint density at radius 2 is 1.44 bits per heavy atom. The fourth-order valence-corrected chi connectivity index (χ4v) is 2.75. The molecule has 0 fully saturated rings. The Balaban J connectivity index is 2.09. The second kappa shape index (κ2) is 5.22. The highest BCUT2D eigenvalue weighted by molar-refractivity contribution is 7.98. The molecule has 82 valence electrons. The van der Waals surface area contributed by atoms with Gasteiger partial charge in [-0.1, -0.05) is 42.5 Å². The number of hydrogen-bond acceptors (Lipinski definition) is 1. The predicted molar refractivity (Wildman–Crippen MR) is 71.9 cm³/mol. The molecule has 0 heterocycles. The first kappa shape index (κ1) is 11.3. The van der Waals surface area contributed by atoms with Crippen molar-refractivity contribution in [3.05, 3.63) is 65.2 Å². The van der Waals surface area contributed by atoms with E-state index in [2.05, 4.69) is 62.4 Å². The van der Waals surface area contributed by atoms with E-state index >= 15 is 0 Å². The van der Waals surface area contributed by atoms with Crippen molar-refractivity contribution < 1.29 is 0 Å². The van der Waals surface area contributed by atoms with Gasteiger partial charge >= 0.3 is 0 Å². The van der Waals surface area contributed by atoms with Gasteiger partial charge in [0.05, 0.1) is 0 Å². The minimum Gasteiger partial charge on any atom is -0.121 e. The van der Waals surface area contributed by atoms with Crippen LogP contribution < -0.4 is 0 Å². The predicted octanol–water partition coefficient (Wildman–Crippen LogP) is 4.60. The van der Waals surface area contributed by atoms with Crippen LogP contribution in [0.25, 0.3) is 0 Å². The van der Waals surface area contributed by atoms with Crippen LogP contribution in [0.3, 0.4) is 0 Å². The summed E-state index contributed by atoms with van der Waals surface area (Å²) in [5, 5.41) is 0. The first-order valence-electron chi connectivity index (χ1n) is 5.50. The Bertz CT molecular complexity index is 429. The summed E-state index contributed by atoms with van der Waals surface area (Å²) in [4.78, 5) is 1.38. The van der Waals surface area contributed by atoms with E-state index in [4.69, 9.17) is 0 Å². The molecule has 0 spiro atoms. The Morgan fingerprint density at radius 3 is 2.12 bits per heavy atom. The highest BCUT2D eigenvalue weighted by Crippen LogP contribution is 2.26. The molecule has 0 saturated heterocycles. The smallest absolute Gasteiger partial charge is 0.0234 e. The lowest BCUT2D eigenvalue weighted by Gasteiger charge is -2.07. The summed E-state index contributed by atoms with van der Waals surface area (Å²) in [6, 6.07) is 17.1. The number of benzene rings is 2. The van der Waals surface area contributed by atoms with E-state index in [1.54, 1.807) is 0 Å². The van der Waals surface area contributed by atoms with E-state index in [9.17, 15) is 0 Å². The van der Waals surface area contributed by atoms with Gasteiger partial charge in [-0.05, 0) is 36.6 Å². The van der Waals surface area contributed by atoms with Crippen LogP contribution >= 0.6 is 11.8 Å². The third-order valence-corrected chi connectivity index (χ3v) is 3.96. The van der Waals surface area contributed by atoms with Gasteiger partial charge in [-0.3, -0.25) is 0 Å². The second-order valence-electron chi connectivity index (χ2n) is 3.98. The zero-order valence-corrected chi connectivity index (χ0v) is 10.6. The van der Waals surface area contributed by atoms with Gasteiger partial charge in [0.25, 0.3) is 0 Å². The maximum atomic E-state index is 2.21. The Labute approximate surface area is 102 Å². The lowest BCUT2D eigenvalue weighted by molar-refractivity contribution is 1.27. The van der Waals surface area contributed by atoms with E-state index in [1.807, 2.05) is 11.8 Å². The molecule has 0 nitrogen and oxygen atoms in total. The van der Waals surface area contributed by atoms with Crippen LogP contribution in [0.4, 0.5) is 0 Å². The normalized spacial score (nSPS) is 10.4. The standard InChI is InChI=1S/C15H16S/c1-12-7-3-5-9-14(12)11-16-15-10-6-4-8-13(15)2/h3-10H,11H2,1-2H3. The molecule has 0 bridgehead atoms. The van der Waals surface area contributed by atoms with Gasteiger partial charge < -0.3 is 0 Å². The lowest BCUT2D eigenvalue weighted by Crippen LogP contribution is -1.86. The van der Waals surface area contributed by atoms with Crippen LogP contribution in [0.1, 0.15) is 16.7 Å². The Hall–Kier alpha value is -1.21. The van der Waals surface area contributed by atoms with Crippen LogP contribution in [-0.4, -0.2) is 0 Å². The summed E-state index contributed by atoms with van der Waals surface area (Å²) in [6.45, 7) is 4.34. The van der Waals surface area contributed by atoms with Gasteiger partial charge in [0.2, 0.25) is 0 Å². The van der Waals surface area contributed by atoms with Crippen molar-refractivity contribution in [1.82, 2.24) is 0 Å². The van der Waals surface area contributed by atoms with Crippen LogP contribution in [0, 0.1) is 13.8 Å². The topological polar surface area (TPSA) is 0 Å². The van der Waals surface area contributed by atoms with Crippen molar-refractivity contribution in [2.24, 2.45) is 0 Å². The van der Waals surface area contributed by atoms with Crippen LogP contribution in [-0.2, 0) is 5.75 Å². The molecule has 0 aliphatic rings. The van der Waals surface area contributed by atoms with Crippen LogP contribution in [0.5, 0.6) is 0 Å². The van der Waals surface area contributed by atoms with Crippen molar-refractivity contribution in [2.75, 3.05) is 0 Å². The largest absolute Gasteiger partial charge is 0.121 e. The minimum atomic E-state index is 1.05. The van der Waals surface area contributed by atoms with Gasteiger partial charge in [-0.2, -0.15) is 0 Å². The van der Waals surface area contributed by atoms with E-state index in [1.165, 1.54) is 21.6 Å². The molecule has 0 aliphatic carbocycles. The molecule has 0 aromatic heterocycles. The first-order valence-corrected chi connectivity index (χ1v) is 6.49. The van der Waals surface area contributed by atoms with Gasteiger partial charge in [-0.15, -0.1) is 11.8 Å². The fraction of sp³-hybridized carbons (Fsp3) is 0.200. The molecular formula is C15H16S. The summed E-state index contributed by atoms with van der Waals surface area (Å²) < 4.78 is 0. The van der Waals surface area contributed by atoms with E-state index < -0.39 is 0 Å². The molecule has 1 heteroatoms. The molecule has 2 aromatic carbocycles. The Morgan fingerprint density at radius 1 is 0.812 bits per heavy atom. The second-order valence-corrected chi connectivity index (χ2v) is 5.00. The van der Waals surface area contributed by atoms with Crippen molar-refractivity contribution in [3.63, 3.8) is 0 Å². The molecule has 2 aromatic rings. The first-order chi connectivity index (χ1) is 7.77.